The summed E-state index contributed by atoms with van der Waals surface area (Å²) in [6.45, 7) is 6.88. The molecular formula is C23H24FNO. The fraction of sp³-hybridized carbons (Fsp3) is 0.261. The van der Waals surface area contributed by atoms with Gasteiger partial charge in [0.25, 0.3) is 5.91 Å². The van der Waals surface area contributed by atoms with Crippen LogP contribution in [0.4, 0.5) is 4.39 Å². The van der Waals surface area contributed by atoms with Gasteiger partial charge in [0.2, 0.25) is 0 Å². The lowest BCUT2D eigenvalue weighted by atomic mass is 9.86. The predicted molar refractivity (Wildman–Crippen MR) is 105 cm³/mol. The highest BCUT2D eigenvalue weighted by molar-refractivity contribution is 5.94. The molecule has 0 N–H and O–H groups in total. The minimum absolute atomic E-state index is 0.0427. The smallest absolute Gasteiger partial charge is 0.253 e. The molecule has 1 amide bonds. The van der Waals surface area contributed by atoms with E-state index in [0.29, 0.717) is 17.5 Å². The Hall–Kier alpha value is -2.68. The molecule has 0 aliphatic rings. The number of rotatable bonds is 3. The average Bonchev–Trinajstić information content (AvgIpc) is 2.63. The van der Waals surface area contributed by atoms with Crippen LogP contribution >= 0.6 is 0 Å². The third kappa shape index (κ3) is 3.62. The van der Waals surface area contributed by atoms with Crippen molar-refractivity contribution in [2.24, 2.45) is 0 Å². The van der Waals surface area contributed by atoms with E-state index in [-0.39, 0.29) is 17.1 Å². The Kier molecular flexibility index (Phi) is 4.82. The number of fused-ring (bicyclic) bond motifs is 1. The summed E-state index contributed by atoms with van der Waals surface area (Å²) >= 11 is 0. The zero-order valence-corrected chi connectivity index (χ0v) is 15.7. The standard InChI is InChI=1S/C23H24FNO/c1-23(2,3)18-12-9-16(10-13-18)22(26)25(4)15-17-11-14-21(24)20-8-6-5-7-19(17)20/h5-14H,15H2,1-4H3. The fourth-order valence-electron chi connectivity index (χ4n) is 3.12. The maximum absolute atomic E-state index is 14.0. The van der Waals surface area contributed by atoms with Gasteiger partial charge in [0, 0.05) is 24.5 Å². The highest BCUT2D eigenvalue weighted by atomic mass is 19.1. The number of nitrogens with zero attached hydrogens (tertiary/aromatic N) is 1. The van der Waals surface area contributed by atoms with E-state index in [9.17, 15) is 9.18 Å². The fourth-order valence-corrected chi connectivity index (χ4v) is 3.12. The number of carbonyl (C=O) groups excluding carboxylic acids is 1. The van der Waals surface area contributed by atoms with E-state index in [1.54, 1.807) is 24.1 Å². The third-order valence-electron chi connectivity index (χ3n) is 4.71. The molecular weight excluding hydrogens is 325 g/mol. The molecule has 26 heavy (non-hydrogen) atoms. The quantitative estimate of drug-likeness (QED) is 0.607. The van der Waals surface area contributed by atoms with Gasteiger partial charge >= 0.3 is 0 Å². The summed E-state index contributed by atoms with van der Waals surface area (Å²) in [4.78, 5) is 14.4. The largest absolute Gasteiger partial charge is 0.337 e. The van der Waals surface area contributed by atoms with Crippen LogP contribution in [0.2, 0.25) is 0 Å². The van der Waals surface area contributed by atoms with Crippen LogP contribution < -0.4 is 0 Å². The Bertz CT molecular complexity index is 939. The van der Waals surface area contributed by atoms with Crippen molar-refractivity contribution in [1.82, 2.24) is 4.90 Å². The molecule has 0 unspecified atom stereocenters. The van der Waals surface area contributed by atoms with Crippen LogP contribution in [-0.2, 0) is 12.0 Å². The van der Waals surface area contributed by atoms with E-state index in [0.717, 1.165) is 10.9 Å². The van der Waals surface area contributed by atoms with Gasteiger partial charge < -0.3 is 4.90 Å². The summed E-state index contributed by atoms with van der Waals surface area (Å²) in [6.07, 6.45) is 0. The first-order valence-corrected chi connectivity index (χ1v) is 8.79. The Balaban J connectivity index is 1.83. The molecule has 0 spiro atoms. The maximum Gasteiger partial charge on any atom is 0.253 e. The number of halogens is 1. The lowest BCUT2D eigenvalue weighted by Gasteiger charge is -2.21. The predicted octanol–water partition coefficient (Wildman–Crippen LogP) is 5.55. The lowest BCUT2D eigenvalue weighted by Crippen LogP contribution is -2.26. The number of amides is 1. The zero-order chi connectivity index (χ0) is 18.9. The molecule has 0 radical (unpaired) electrons. The van der Waals surface area contributed by atoms with Crippen molar-refractivity contribution in [3.8, 4) is 0 Å². The summed E-state index contributed by atoms with van der Waals surface area (Å²) in [5, 5.41) is 1.43. The summed E-state index contributed by atoms with van der Waals surface area (Å²) < 4.78 is 14.0. The minimum atomic E-state index is -0.240. The van der Waals surface area contributed by atoms with Crippen molar-refractivity contribution in [2.75, 3.05) is 7.05 Å². The average molecular weight is 349 g/mol. The molecule has 0 fully saturated rings. The van der Waals surface area contributed by atoms with Crippen LogP contribution in [-0.4, -0.2) is 17.9 Å². The van der Waals surface area contributed by atoms with Crippen LogP contribution in [0.5, 0.6) is 0 Å². The molecule has 134 valence electrons. The summed E-state index contributed by atoms with van der Waals surface area (Å²) in [6, 6.07) is 18.4. The van der Waals surface area contributed by atoms with Crippen molar-refractivity contribution in [3.05, 3.63) is 83.2 Å². The van der Waals surface area contributed by atoms with Gasteiger partial charge in [-0.25, -0.2) is 4.39 Å². The number of benzene rings is 3. The Morgan fingerprint density at radius 1 is 0.923 bits per heavy atom. The van der Waals surface area contributed by atoms with Crippen molar-refractivity contribution in [1.29, 1.82) is 0 Å². The maximum atomic E-state index is 14.0. The van der Waals surface area contributed by atoms with Crippen molar-refractivity contribution in [2.45, 2.75) is 32.7 Å². The van der Waals surface area contributed by atoms with E-state index < -0.39 is 0 Å². The first kappa shape index (κ1) is 18.1. The lowest BCUT2D eigenvalue weighted by molar-refractivity contribution is 0.0785. The van der Waals surface area contributed by atoms with Crippen LogP contribution in [0.1, 0.15) is 42.3 Å². The van der Waals surface area contributed by atoms with E-state index >= 15 is 0 Å². The first-order valence-electron chi connectivity index (χ1n) is 8.79. The van der Waals surface area contributed by atoms with Gasteiger partial charge in [0.05, 0.1) is 0 Å². The molecule has 3 heteroatoms. The van der Waals surface area contributed by atoms with Crippen molar-refractivity contribution < 1.29 is 9.18 Å². The Morgan fingerprint density at radius 3 is 2.15 bits per heavy atom. The molecule has 0 aliphatic carbocycles. The Morgan fingerprint density at radius 2 is 1.54 bits per heavy atom. The van der Waals surface area contributed by atoms with Gasteiger partial charge in [-0.05, 0) is 40.1 Å². The molecule has 0 saturated carbocycles. The van der Waals surface area contributed by atoms with Crippen LogP contribution in [0.25, 0.3) is 10.8 Å². The Labute approximate surface area is 154 Å². The van der Waals surface area contributed by atoms with Gasteiger partial charge in [-0.1, -0.05) is 63.2 Å². The van der Waals surface area contributed by atoms with Gasteiger partial charge in [0.15, 0.2) is 0 Å². The summed E-state index contributed by atoms with van der Waals surface area (Å²) in [5.41, 5.74) is 2.85. The van der Waals surface area contributed by atoms with Gasteiger partial charge in [-0.3, -0.25) is 4.79 Å². The molecule has 2 nitrogen and oxygen atoms in total. The number of hydrogen-bond acceptors (Lipinski definition) is 1. The van der Waals surface area contributed by atoms with Crippen LogP contribution in [0.15, 0.2) is 60.7 Å². The van der Waals surface area contributed by atoms with E-state index in [1.807, 2.05) is 42.5 Å². The minimum Gasteiger partial charge on any atom is -0.337 e. The molecule has 0 atom stereocenters. The van der Waals surface area contributed by atoms with Crippen molar-refractivity contribution >= 4 is 16.7 Å². The molecule has 0 aliphatic heterocycles. The topological polar surface area (TPSA) is 20.3 Å². The van der Waals surface area contributed by atoms with Crippen LogP contribution in [0.3, 0.4) is 0 Å². The number of hydrogen-bond donors (Lipinski definition) is 0. The molecule has 3 aromatic carbocycles. The highest BCUT2D eigenvalue weighted by Gasteiger charge is 2.17. The van der Waals surface area contributed by atoms with E-state index in [4.69, 9.17) is 0 Å². The van der Waals surface area contributed by atoms with E-state index in [1.165, 1.54) is 11.6 Å². The SMILES string of the molecule is CN(Cc1ccc(F)c2ccccc12)C(=O)c1ccc(C(C)(C)C)cc1. The molecule has 0 aromatic heterocycles. The molecule has 3 rings (SSSR count). The second-order valence-corrected chi connectivity index (χ2v) is 7.74. The van der Waals surface area contributed by atoms with Gasteiger partial charge in [0.1, 0.15) is 5.82 Å². The van der Waals surface area contributed by atoms with Crippen molar-refractivity contribution in [3.63, 3.8) is 0 Å². The zero-order valence-electron chi connectivity index (χ0n) is 15.7. The summed E-state index contributed by atoms with van der Waals surface area (Å²) in [5.74, 6) is -0.282. The first-order chi connectivity index (χ1) is 12.3. The second-order valence-electron chi connectivity index (χ2n) is 7.74. The molecule has 0 heterocycles. The molecule has 0 saturated heterocycles. The summed E-state index contributed by atoms with van der Waals surface area (Å²) in [7, 11) is 1.78. The van der Waals surface area contributed by atoms with Gasteiger partial charge in [-0.2, -0.15) is 0 Å². The monoisotopic (exact) mass is 349 g/mol. The van der Waals surface area contributed by atoms with Crippen LogP contribution in [0, 0.1) is 5.82 Å². The molecule has 3 aromatic rings. The normalized spacial score (nSPS) is 11.6. The second kappa shape index (κ2) is 6.91. The third-order valence-corrected chi connectivity index (χ3v) is 4.71. The highest BCUT2D eigenvalue weighted by Crippen LogP contribution is 2.24. The van der Waals surface area contributed by atoms with E-state index in [2.05, 4.69) is 20.8 Å². The van der Waals surface area contributed by atoms with Gasteiger partial charge in [-0.15, -0.1) is 0 Å². The number of carbonyl (C=O) groups is 1. The molecule has 0 bridgehead atoms.